The Hall–Kier alpha value is -2.43. The minimum absolute atomic E-state index is 0.516. The Morgan fingerprint density at radius 3 is 2.65 bits per heavy atom. The summed E-state index contributed by atoms with van der Waals surface area (Å²) in [5.41, 5.74) is 12.9. The molecule has 0 aliphatic heterocycles. The fourth-order valence-electron chi connectivity index (χ4n) is 2.88. The summed E-state index contributed by atoms with van der Waals surface area (Å²) in [6.45, 7) is 2.62. The summed E-state index contributed by atoms with van der Waals surface area (Å²) in [4.78, 5) is 8.01. The van der Waals surface area contributed by atoms with Crippen molar-refractivity contribution in [2.75, 3.05) is 0 Å². The summed E-state index contributed by atoms with van der Waals surface area (Å²) in [7, 11) is 0. The maximum absolute atomic E-state index is 5.92. The van der Waals surface area contributed by atoms with E-state index in [1.807, 2.05) is 11.6 Å². The van der Waals surface area contributed by atoms with E-state index in [0.29, 0.717) is 6.54 Å². The number of aromatic amines is 1. The number of thiazole rings is 1. The lowest BCUT2D eigenvalue weighted by Gasteiger charge is -2.04. The molecule has 0 saturated carbocycles. The number of nitrogens with zero attached hydrogens (tertiary/aromatic N) is 1. The molecule has 0 atom stereocenters. The number of nitrogens with two attached hydrogens (primary N) is 1. The van der Waals surface area contributed by atoms with Gasteiger partial charge in [0.15, 0.2) is 0 Å². The molecule has 2 aromatic heterocycles. The highest BCUT2D eigenvalue weighted by Gasteiger charge is 2.13. The maximum Gasteiger partial charge on any atom is 0.123 e. The van der Waals surface area contributed by atoms with Crippen LogP contribution in [0.15, 0.2) is 54.0 Å². The number of aryl methyl sites for hydroxylation is 1. The Balaban J connectivity index is 1.95. The van der Waals surface area contributed by atoms with Crippen LogP contribution in [0.2, 0.25) is 0 Å². The van der Waals surface area contributed by atoms with Crippen LogP contribution in [0.4, 0.5) is 0 Å². The topological polar surface area (TPSA) is 54.7 Å². The van der Waals surface area contributed by atoms with E-state index in [1.54, 1.807) is 11.3 Å². The number of nitrogens with one attached hydrogen (secondary N) is 1. The largest absolute Gasteiger partial charge is 0.354 e. The fourth-order valence-corrected chi connectivity index (χ4v) is 3.56. The third-order valence-electron chi connectivity index (χ3n) is 4.13. The van der Waals surface area contributed by atoms with Gasteiger partial charge in [-0.15, -0.1) is 11.3 Å². The molecule has 3 N–H and O–H groups in total. The molecule has 4 heteroatoms. The van der Waals surface area contributed by atoms with Gasteiger partial charge in [-0.2, -0.15) is 0 Å². The van der Waals surface area contributed by atoms with E-state index in [4.69, 9.17) is 5.73 Å². The standard InChI is InChI=1S/C19H17N3S/c1-12-2-4-13(5-3-12)17-10-16-15(19-21-8-9-23-19)7-6-14(11-20)18(16)22-17/h2-10,22H,11,20H2,1H3. The highest BCUT2D eigenvalue weighted by molar-refractivity contribution is 7.13. The quantitative estimate of drug-likeness (QED) is 0.574. The van der Waals surface area contributed by atoms with Crippen LogP contribution in [0, 0.1) is 6.92 Å². The van der Waals surface area contributed by atoms with Crippen LogP contribution in [-0.4, -0.2) is 9.97 Å². The summed E-state index contributed by atoms with van der Waals surface area (Å²) in [5.74, 6) is 0. The molecule has 0 unspecified atom stereocenters. The van der Waals surface area contributed by atoms with Crippen LogP contribution < -0.4 is 5.73 Å². The molecule has 0 fully saturated rings. The zero-order chi connectivity index (χ0) is 15.8. The van der Waals surface area contributed by atoms with Gasteiger partial charge in [0.25, 0.3) is 0 Å². The van der Waals surface area contributed by atoms with Crippen molar-refractivity contribution in [3.63, 3.8) is 0 Å². The molecule has 0 amide bonds. The number of benzene rings is 2. The molecule has 0 spiro atoms. The normalized spacial score (nSPS) is 11.2. The molecule has 4 aromatic rings. The van der Waals surface area contributed by atoms with Gasteiger partial charge in [-0.1, -0.05) is 42.0 Å². The lowest BCUT2D eigenvalue weighted by molar-refractivity contribution is 1.08. The molecule has 2 heterocycles. The smallest absolute Gasteiger partial charge is 0.123 e. The third-order valence-corrected chi connectivity index (χ3v) is 4.93. The lowest BCUT2D eigenvalue weighted by Crippen LogP contribution is -1.97. The summed E-state index contributed by atoms with van der Waals surface area (Å²) in [5, 5.41) is 4.22. The number of fused-ring (bicyclic) bond motifs is 1. The SMILES string of the molecule is Cc1ccc(-c2cc3c(-c4nccs4)ccc(CN)c3[nH]2)cc1. The van der Waals surface area contributed by atoms with Gasteiger partial charge in [-0.25, -0.2) is 4.98 Å². The second kappa shape index (κ2) is 5.65. The van der Waals surface area contributed by atoms with Crippen LogP contribution in [0.5, 0.6) is 0 Å². The van der Waals surface area contributed by atoms with Gasteiger partial charge in [0.2, 0.25) is 0 Å². The van der Waals surface area contributed by atoms with Gasteiger partial charge in [0.05, 0.1) is 5.52 Å². The van der Waals surface area contributed by atoms with Gasteiger partial charge in [-0.05, 0) is 24.1 Å². The van der Waals surface area contributed by atoms with Gasteiger partial charge in [0, 0.05) is 34.8 Å². The Bertz CT molecular complexity index is 950. The zero-order valence-electron chi connectivity index (χ0n) is 12.8. The van der Waals surface area contributed by atoms with Crippen LogP contribution in [0.1, 0.15) is 11.1 Å². The molecule has 0 bridgehead atoms. The number of rotatable bonds is 3. The molecule has 0 saturated heterocycles. The first-order valence-corrected chi connectivity index (χ1v) is 8.46. The Labute approximate surface area is 138 Å². The fraction of sp³-hybridized carbons (Fsp3) is 0.105. The van der Waals surface area contributed by atoms with Gasteiger partial charge in [-0.3, -0.25) is 0 Å². The first kappa shape index (κ1) is 14.2. The summed E-state index contributed by atoms with van der Waals surface area (Å²) in [6, 6.07) is 15.0. The molecule has 23 heavy (non-hydrogen) atoms. The van der Waals surface area contributed by atoms with E-state index in [1.165, 1.54) is 16.5 Å². The lowest BCUT2D eigenvalue weighted by atomic mass is 10.1. The molecule has 0 aliphatic rings. The van der Waals surface area contributed by atoms with Gasteiger partial charge in [0.1, 0.15) is 5.01 Å². The Morgan fingerprint density at radius 2 is 1.96 bits per heavy atom. The van der Waals surface area contributed by atoms with Crippen molar-refractivity contribution in [1.82, 2.24) is 9.97 Å². The molecule has 3 nitrogen and oxygen atoms in total. The minimum atomic E-state index is 0.516. The Kier molecular flexibility index (Phi) is 3.48. The van der Waals surface area contributed by atoms with E-state index in [2.05, 4.69) is 59.4 Å². The maximum atomic E-state index is 5.92. The van der Waals surface area contributed by atoms with Crippen molar-refractivity contribution in [1.29, 1.82) is 0 Å². The predicted molar refractivity (Wildman–Crippen MR) is 97.5 cm³/mol. The monoisotopic (exact) mass is 319 g/mol. The zero-order valence-corrected chi connectivity index (χ0v) is 13.7. The number of H-pyrrole nitrogens is 1. The molecule has 114 valence electrons. The highest BCUT2D eigenvalue weighted by Crippen LogP contribution is 2.35. The van der Waals surface area contributed by atoms with Crippen molar-refractivity contribution in [2.45, 2.75) is 13.5 Å². The summed E-state index contributed by atoms with van der Waals surface area (Å²) in [6.07, 6.45) is 1.84. The number of aromatic nitrogens is 2. The first-order chi connectivity index (χ1) is 11.3. The average molecular weight is 319 g/mol. The average Bonchev–Trinajstić information content (AvgIpc) is 3.24. The molecular formula is C19H17N3S. The van der Waals surface area contributed by atoms with Crippen LogP contribution in [0.25, 0.3) is 32.7 Å². The molecule has 4 rings (SSSR count). The third kappa shape index (κ3) is 2.46. The van der Waals surface area contributed by atoms with Crippen molar-refractivity contribution < 1.29 is 0 Å². The molecule has 0 radical (unpaired) electrons. The minimum Gasteiger partial charge on any atom is -0.354 e. The van der Waals surface area contributed by atoms with E-state index in [9.17, 15) is 0 Å². The second-order valence-electron chi connectivity index (χ2n) is 5.65. The van der Waals surface area contributed by atoms with Gasteiger partial charge >= 0.3 is 0 Å². The number of hydrogen-bond acceptors (Lipinski definition) is 3. The van der Waals surface area contributed by atoms with Crippen molar-refractivity contribution in [2.24, 2.45) is 5.73 Å². The van der Waals surface area contributed by atoms with E-state index in [-0.39, 0.29) is 0 Å². The van der Waals surface area contributed by atoms with E-state index < -0.39 is 0 Å². The predicted octanol–water partition coefficient (Wildman–Crippen LogP) is 4.73. The van der Waals surface area contributed by atoms with E-state index in [0.717, 1.165) is 27.3 Å². The second-order valence-corrected chi connectivity index (χ2v) is 6.55. The summed E-state index contributed by atoms with van der Waals surface area (Å²) >= 11 is 1.66. The summed E-state index contributed by atoms with van der Waals surface area (Å²) < 4.78 is 0. The number of hydrogen-bond donors (Lipinski definition) is 2. The Morgan fingerprint density at radius 1 is 1.13 bits per heavy atom. The van der Waals surface area contributed by atoms with Crippen molar-refractivity contribution in [3.8, 4) is 21.8 Å². The highest BCUT2D eigenvalue weighted by atomic mass is 32.1. The molecule has 2 aromatic carbocycles. The van der Waals surface area contributed by atoms with Crippen molar-refractivity contribution in [3.05, 3.63) is 65.2 Å². The first-order valence-electron chi connectivity index (χ1n) is 7.58. The van der Waals surface area contributed by atoms with E-state index >= 15 is 0 Å². The van der Waals surface area contributed by atoms with Crippen molar-refractivity contribution >= 4 is 22.2 Å². The van der Waals surface area contributed by atoms with Crippen LogP contribution in [0.3, 0.4) is 0 Å². The molecule has 0 aliphatic carbocycles. The van der Waals surface area contributed by atoms with Crippen LogP contribution in [-0.2, 0) is 6.54 Å². The molecular weight excluding hydrogens is 302 g/mol. The van der Waals surface area contributed by atoms with Crippen LogP contribution >= 0.6 is 11.3 Å². The van der Waals surface area contributed by atoms with Gasteiger partial charge < -0.3 is 10.7 Å².